The Morgan fingerprint density at radius 2 is 2.06 bits per heavy atom. The van der Waals surface area contributed by atoms with Gasteiger partial charge in [0.25, 0.3) is 0 Å². The van der Waals surface area contributed by atoms with Crippen molar-refractivity contribution in [3.05, 3.63) is 0 Å². The van der Waals surface area contributed by atoms with Crippen molar-refractivity contribution < 1.29 is 14.7 Å². The zero-order chi connectivity index (χ0) is 12.3. The molecule has 0 aliphatic carbocycles. The van der Waals surface area contributed by atoms with Gasteiger partial charge in [0, 0.05) is 7.05 Å². The fourth-order valence-corrected chi connectivity index (χ4v) is 2.38. The van der Waals surface area contributed by atoms with Crippen LogP contribution in [0.3, 0.4) is 0 Å². The molecule has 16 heavy (non-hydrogen) atoms. The molecule has 5 nitrogen and oxygen atoms in total. The molecule has 0 bridgehead atoms. The summed E-state index contributed by atoms with van der Waals surface area (Å²) in [7, 11) is 1.59. The van der Waals surface area contributed by atoms with Gasteiger partial charge in [0.15, 0.2) is 0 Å². The van der Waals surface area contributed by atoms with E-state index in [1.54, 1.807) is 7.05 Å². The number of nitrogens with one attached hydrogen (secondary N) is 1. The van der Waals surface area contributed by atoms with Crippen molar-refractivity contribution in [1.82, 2.24) is 10.2 Å². The predicted molar refractivity (Wildman–Crippen MR) is 60.1 cm³/mol. The van der Waals surface area contributed by atoms with Gasteiger partial charge in [-0.25, -0.2) is 0 Å². The van der Waals surface area contributed by atoms with Crippen LogP contribution in [0.2, 0.25) is 0 Å². The molecule has 0 saturated carbocycles. The molecule has 2 unspecified atom stereocenters. The number of likely N-dealkylation sites (tertiary alicyclic amines) is 1. The molecule has 1 rings (SSSR count). The smallest absolute Gasteiger partial charge is 0.321 e. The van der Waals surface area contributed by atoms with Gasteiger partial charge in [-0.2, -0.15) is 0 Å². The van der Waals surface area contributed by atoms with Crippen molar-refractivity contribution in [1.29, 1.82) is 0 Å². The number of rotatable bonds is 4. The molecule has 0 aromatic rings. The second kappa shape index (κ2) is 5.30. The minimum Gasteiger partial charge on any atom is -0.480 e. The summed E-state index contributed by atoms with van der Waals surface area (Å²) < 4.78 is 0. The Kier molecular flexibility index (Phi) is 4.29. The molecule has 0 radical (unpaired) electrons. The van der Waals surface area contributed by atoms with Gasteiger partial charge in [-0.3, -0.25) is 14.5 Å². The van der Waals surface area contributed by atoms with E-state index < -0.39 is 12.0 Å². The Morgan fingerprint density at radius 3 is 2.50 bits per heavy atom. The van der Waals surface area contributed by atoms with E-state index in [2.05, 4.69) is 5.32 Å². The normalized spacial score (nSPS) is 23.4. The summed E-state index contributed by atoms with van der Waals surface area (Å²) in [5, 5.41) is 11.8. The largest absolute Gasteiger partial charge is 0.480 e. The number of carbonyl (C=O) groups is 2. The van der Waals surface area contributed by atoms with E-state index in [-0.39, 0.29) is 17.9 Å². The topological polar surface area (TPSA) is 69.6 Å². The van der Waals surface area contributed by atoms with Crippen LogP contribution in [0.15, 0.2) is 0 Å². The molecule has 5 heteroatoms. The summed E-state index contributed by atoms with van der Waals surface area (Å²) >= 11 is 0. The second-order valence-corrected chi connectivity index (χ2v) is 4.54. The highest BCUT2D eigenvalue weighted by atomic mass is 16.4. The lowest BCUT2D eigenvalue weighted by atomic mass is 10.0. The van der Waals surface area contributed by atoms with Gasteiger partial charge in [-0.05, 0) is 25.3 Å². The summed E-state index contributed by atoms with van der Waals surface area (Å²) in [6, 6.07) is -0.849. The predicted octanol–water partition coefficient (Wildman–Crippen LogP) is 0.306. The number of likely N-dealkylation sites (N-methyl/N-ethyl adjacent to an activating group) is 1. The quantitative estimate of drug-likeness (QED) is 0.726. The maximum Gasteiger partial charge on any atom is 0.321 e. The Bertz CT molecular complexity index is 278. The minimum atomic E-state index is -0.842. The summed E-state index contributed by atoms with van der Waals surface area (Å²) in [6.07, 6.45) is 1.63. The molecule has 1 fully saturated rings. The fraction of sp³-hybridized carbons (Fsp3) is 0.818. The zero-order valence-electron chi connectivity index (χ0n) is 10.1. The molecule has 0 spiro atoms. The molecule has 1 aliphatic rings. The van der Waals surface area contributed by atoms with Crippen LogP contribution >= 0.6 is 0 Å². The van der Waals surface area contributed by atoms with E-state index in [1.165, 1.54) is 0 Å². The van der Waals surface area contributed by atoms with E-state index in [0.717, 1.165) is 12.8 Å². The number of carboxylic acids is 1. The maximum atomic E-state index is 11.6. The third-order valence-corrected chi connectivity index (χ3v) is 3.09. The van der Waals surface area contributed by atoms with Gasteiger partial charge in [-0.1, -0.05) is 13.8 Å². The summed E-state index contributed by atoms with van der Waals surface area (Å²) in [5.41, 5.74) is 0. The van der Waals surface area contributed by atoms with Crippen LogP contribution in [0.25, 0.3) is 0 Å². The van der Waals surface area contributed by atoms with Crippen LogP contribution in [-0.4, -0.2) is 47.6 Å². The lowest BCUT2D eigenvalue weighted by Crippen LogP contribution is -2.52. The molecule has 1 amide bonds. The maximum absolute atomic E-state index is 11.6. The van der Waals surface area contributed by atoms with Gasteiger partial charge in [0.05, 0.1) is 6.04 Å². The first-order valence-electron chi connectivity index (χ1n) is 5.69. The molecule has 1 aliphatic heterocycles. The average molecular weight is 228 g/mol. The molecule has 2 atom stereocenters. The van der Waals surface area contributed by atoms with Gasteiger partial charge in [-0.15, -0.1) is 0 Å². The summed E-state index contributed by atoms with van der Waals surface area (Å²) in [6.45, 7) is 4.43. The minimum absolute atomic E-state index is 0.00255. The Morgan fingerprint density at radius 1 is 1.44 bits per heavy atom. The molecule has 1 saturated heterocycles. The third kappa shape index (κ3) is 2.52. The number of hydrogen-bond acceptors (Lipinski definition) is 3. The number of aliphatic carboxylic acids is 1. The van der Waals surface area contributed by atoms with Gasteiger partial charge < -0.3 is 10.4 Å². The Labute approximate surface area is 95.8 Å². The number of carbonyl (C=O) groups excluding carboxylic acids is 1. The van der Waals surface area contributed by atoms with E-state index in [0.29, 0.717) is 6.54 Å². The summed E-state index contributed by atoms with van der Waals surface area (Å²) in [4.78, 5) is 24.7. The number of nitrogens with zero attached hydrogens (tertiary/aromatic N) is 1. The van der Waals surface area contributed by atoms with E-state index in [1.807, 2.05) is 18.7 Å². The van der Waals surface area contributed by atoms with E-state index in [9.17, 15) is 14.7 Å². The molecule has 2 N–H and O–H groups in total. The lowest BCUT2D eigenvalue weighted by molar-refractivity contribution is -0.146. The van der Waals surface area contributed by atoms with Gasteiger partial charge in [0.2, 0.25) is 5.91 Å². The summed E-state index contributed by atoms with van der Waals surface area (Å²) in [5.74, 6) is -0.919. The second-order valence-electron chi connectivity index (χ2n) is 4.54. The highest BCUT2D eigenvalue weighted by Gasteiger charge is 2.39. The monoisotopic (exact) mass is 228 g/mol. The van der Waals surface area contributed by atoms with Crippen molar-refractivity contribution in [2.24, 2.45) is 5.92 Å². The van der Waals surface area contributed by atoms with Crippen LogP contribution in [0, 0.1) is 5.92 Å². The Balaban J connectivity index is 2.83. The first-order valence-corrected chi connectivity index (χ1v) is 5.69. The first kappa shape index (κ1) is 13.0. The molecule has 0 aromatic heterocycles. The van der Waals surface area contributed by atoms with E-state index in [4.69, 9.17) is 0 Å². The Hall–Kier alpha value is -1.10. The van der Waals surface area contributed by atoms with Crippen LogP contribution < -0.4 is 5.32 Å². The fourth-order valence-electron chi connectivity index (χ4n) is 2.38. The molecular weight excluding hydrogens is 208 g/mol. The van der Waals surface area contributed by atoms with Crippen molar-refractivity contribution in [3.63, 3.8) is 0 Å². The van der Waals surface area contributed by atoms with Crippen molar-refractivity contribution in [2.45, 2.75) is 38.8 Å². The van der Waals surface area contributed by atoms with Gasteiger partial charge in [0.1, 0.15) is 6.04 Å². The van der Waals surface area contributed by atoms with Gasteiger partial charge >= 0.3 is 5.97 Å². The van der Waals surface area contributed by atoms with Crippen molar-refractivity contribution >= 4 is 11.9 Å². The average Bonchev–Trinajstić information content (AvgIpc) is 2.64. The van der Waals surface area contributed by atoms with Crippen molar-refractivity contribution in [2.75, 3.05) is 13.6 Å². The highest BCUT2D eigenvalue weighted by Crippen LogP contribution is 2.24. The molecule has 0 aromatic carbocycles. The molecule has 92 valence electrons. The SMILES string of the molecule is CNC(=O)C1CCCN1C(C(=O)O)C(C)C. The number of carboxylic acid groups (broad SMARTS) is 1. The highest BCUT2D eigenvalue weighted by molar-refractivity contribution is 5.83. The standard InChI is InChI=1S/C11H20N2O3/c1-7(2)9(11(15)16)13-6-4-5-8(13)10(14)12-3/h7-9H,4-6H2,1-3H3,(H,12,14)(H,15,16). The third-order valence-electron chi connectivity index (χ3n) is 3.09. The molecule has 1 heterocycles. The molecular formula is C11H20N2O3. The number of hydrogen-bond donors (Lipinski definition) is 2. The zero-order valence-corrected chi connectivity index (χ0v) is 10.1. The van der Waals surface area contributed by atoms with Crippen LogP contribution in [0.1, 0.15) is 26.7 Å². The first-order chi connectivity index (χ1) is 7.49. The van der Waals surface area contributed by atoms with Crippen LogP contribution in [-0.2, 0) is 9.59 Å². The van der Waals surface area contributed by atoms with E-state index >= 15 is 0 Å². The van der Waals surface area contributed by atoms with Crippen LogP contribution in [0.5, 0.6) is 0 Å². The van der Waals surface area contributed by atoms with Crippen molar-refractivity contribution in [3.8, 4) is 0 Å². The lowest BCUT2D eigenvalue weighted by Gasteiger charge is -2.31. The number of amides is 1. The van der Waals surface area contributed by atoms with Crippen LogP contribution in [0.4, 0.5) is 0 Å².